The number of carbonyl (C=O) groups is 2. The lowest BCUT2D eigenvalue weighted by atomic mass is 10.3. The smallest absolute Gasteiger partial charge is 0.331 e. The molecule has 19 heavy (non-hydrogen) atoms. The van der Waals surface area contributed by atoms with Gasteiger partial charge in [0, 0.05) is 31.9 Å². The van der Waals surface area contributed by atoms with Gasteiger partial charge in [0.25, 0.3) is 0 Å². The van der Waals surface area contributed by atoms with Gasteiger partial charge in [0.2, 0.25) is 5.91 Å². The number of nitrogens with zero attached hydrogens (tertiary/aromatic N) is 1. The maximum Gasteiger partial charge on any atom is 0.331 e. The van der Waals surface area contributed by atoms with Crippen molar-refractivity contribution in [3.63, 3.8) is 0 Å². The Hall–Kier alpha value is -2.30. The van der Waals surface area contributed by atoms with Crippen molar-refractivity contribution >= 4 is 17.6 Å². The quantitative estimate of drug-likeness (QED) is 0.613. The van der Waals surface area contributed by atoms with Gasteiger partial charge < -0.3 is 15.0 Å². The van der Waals surface area contributed by atoms with Crippen LogP contribution in [-0.4, -0.2) is 39.1 Å². The second kappa shape index (κ2) is 7.92. The van der Waals surface area contributed by atoms with E-state index in [9.17, 15) is 9.59 Å². The van der Waals surface area contributed by atoms with Gasteiger partial charge >= 0.3 is 5.97 Å². The van der Waals surface area contributed by atoms with E-state index in [1.54, 1.807) is 0 Å². The summed E-state index contributed by atoms with van der Waals surface area (Å²) in [6.07, 6.45) is 2.25. The van der Waals surface area contributed by atoms with Crippen LogP contribution in [0.25, 0.3) is 0 Å². The average Bonchev–Trinajstić information content (AvgIpc) is 2.45. The highest BCUT2D eigenvalue weighted by Crippen LogP contribution is 2.09. The number of anilines is 1. The van der Waals surface area contributed by atoms with Crippen LogP contribution in [0.3, 0.4) is 0 Å². The van der Waals surface area contributed by atoms with E-state index in [2.05, 4.69) is 5.32 Å². The van der Waals surface area contributed by atoms with Crippen molar-refractivity contribution in [3.05, 3.63) is 42.5 Å². The summed E-state index contributed by atoms with van der Waals surface area (Å²) in [6, 6.07) is 9.80. The molecular formula is C14H18N2O3. The normalized spacial score (nSPS) is 10.2. The van der Waals surface area contributed by atoms with E-state index >= 15 is 0 Å². The molecule has 0 bridgehead atoms. The molecule has 0 aliphatic heterocycles. The summed E-state index contributed by atoms with van der Waals surface area (Å²) in [6.45, 7) is 0.853. The first kappa shape index (κ1) is 14.8. The molecule has 1 aromatic rings. The maximum atomic E-state index is 11.3. The lowest BCUT2D eigenvalue weighted by molar-refractivity contribution is -0.137. The molecule has 1 rings (SSSR count). The van der Waals surface area contributed by atoms with Gasteiger partial charge in [-0.1, -0.05) is 18.2 Å². The fourth-order valence-corrected chi connectivity index (χ4v) is 1.37. The largest absolute Gasteiger partial charge is 0.461 e. The average molecular weight is 262 g/mol. The molecule has 5 nitrogen and oxygen atoms in total. The predicted molar refractivity (Wildman–Crippen MR) is 73.9 cm³/mol. The van der Waals surface area contributed by atoms with Crippen LogP contribution < -0.4 is 10.2 Å². The molecule has 0 heterocycles. The molecule has 0 aliphatic carbocycles. The zero-order valence-electron chi connectivity index (χ0n) is 11.1. The highest BCUT2D eigenvalue weighted by molar-refractivity contribution is 5.94. The van der Waals surface area contributed by atoms with Crippen LogP contribution in [-0.2, 0) is 14.3 Å². The second-order valence-corrected chi connectivity index (χ2v) is 3.87. The summed E-state index contributed by atoms with van der Waals surface area (Å²) in [4.78, 5) is 24.1. The lowest BCUT2D eigenvalue weighted by Gasteiger charge is -2.18. The summed E-state index contributed by atoms with van der Waals surface area (Å²) >= 11 is 0. The number of likely N-dealkylation sites (N-methyl/N-ethyl adjacent to an activating group) is 2. The molecule has 0 atom stereocenters. The van der Waals surface area contributed by atoms with Gasteiger partial charge in [-0.15, -0.1) is 0 Å². The molecule has 5 heteroatoms. The Kier molecular flexibility index (Phi) is 6.15. The van der Waals surface area contributed by atoms with Crippen LogP contribution in [0.1, 0.15) is 0 Å². The monoisotopic (exact) mass is 262 g/mol. The molecule has 0 spiro atoms. The Morgan fingerprint density at radius 1 is 1.26 bits per heavy atom. The Morgan fingerprint density at radius 3 is 2.58 bits per heavy atom. The van der Waals surface area contributed by atoms with Gasteiger partial charge in [-0.05, 0) is 12.1 Å². The highest BCUT2D eigenvalue weighted by atomic mass is 16.5. The molecule has 0 aliphatic rings. The molecule has 1 N–H and O–H groups in total. The minimum Gasteiger partial charge on any atom is -0.461 e. The molecule has 0 unspecified atom stereocenters. The number of rotatable bonds is 6. The Bertz CT molecular complexity index is 443. The number of amides is 1. The standard InChI is InChI=1S/C14H18N2O3/c1-15-13(17)8-9-14(18)19-11-10-16(2)12-6-4-3-5-7-12/h3-9H,10-11H2,1-2H3,(H,15,17)/b9-8+. The second-order valence-electron chi connectivity index (χ2n) is 3.87. The van der Waals surface area contributed by atoms with Crippen LogP contribution in [0.2, 0.25) is 0 Å². The summed E-state index contributed by atoms with van der Waals surface area (Å²) in [5.74, 6) is -0.858. The van der Waals surface area contributed by atoms with Gasteiger partial charge in [-0.2, -0.15) is 0 Å². The van der Waals surface area contributed by atoms with E-state index in [4.69, 9.17) is 4.74 Å². The molecule has 0 saturated carbocycles. The topological polar surface area (TPSA) is 58.6 Å². The van der Waals surface area contributed by atoms with Crippen molar-refractivity contribution in [1.29, 1.82) is 0 Å². The number of nitrogens with one attached hydrogen (secondary N) is 1. The van der Waals surface area contributed by atoms with E-state index in [0.29, 0.717) is 6.54 Å². The van der Waals surface area contributed by atoms with Gasteiger partial charge in [0.05, 0.1) is 6.54 Å². The summed E-state index contributed by atoms with van der Waals surface area (Å²) < 4.78 is 4.98. The van der Waals surface area contributed by atoms with Crippen molar-refractivity contribution < 1.29 is 14.3 Å². The number of esters is 1. The Labute approximate surface area is 112 Å². The molecule has 0 radical (unpaired) electrons. The minimum absolute atomic E-state index is 0.266. The van der Waals surface area contributed by atoms with Crippen molar-refractivity contribution in [1.82, 2.24) is 5.32 Å². The third-order valence-corrected chi connectivity index (χ3v) is 2.49. The lowest BCUT2D eigenvalue weighted by Crippen LogP contribution is -2.23. The van der Waals surface area contributed by atoms with Gasteiger partial charge in [0.15, 0.2) is 0 Å². The van der Waals surface area contributed by atoms with Crippen molar-refractivity contribution in [2.45, 2.75) is 0 Å². The van der Waals surface area contributed by atoms with E-state index in [1.165, 1.54) is 7.05 Å². The maximum absolute atomic E-state index is 11.3. The Morgan fingerprint density at radius 2 is 1.95 bits per heavy atom. The molecule has 0 saturated heterocycles. The van der Waals surface area contributed by atoms with Crippen LogP contribution in [0.5, 0.6) is 0 Å². The predicted octanol–water partition coefficient (Wildman–Crippen LogP) is 0.968. The number of hydrogen-bond donors (Lipinski definition) is 1. The van der Waals surface area contributed by atoms with Crippen LogP contribution in [0, 0.1) is 0 Å². The number of hydrogen-bond acceptors (Lipinski definition) is 4. The molecule has 0 aromatic heterocycles. The fourth-order valence-electron chi connectivity index (χ4n) is 1.37. The first-order chi connectivity index (χ1) is 9.13. The first-order valence-corrected chi connectivity index (χ1v) is 5.96. The van der Waals surface area contributed by atoms with Crippen molar-refractivity contribution in [2.75, 3.05) is 32.1 Å². The van der Waals surface area contributed by atoms with Gasteiger partial charge in [-0.3, -0.25) is 4.79 Å². The van der Waals surface area contributed by atoms with Crippen LogP contribution in [0.4, 0.5) is 5.69 Å². The number of benzene rings is 1. The van der Waals surface area contributed by atoms with Gasteiger partial charge in [-0.25, -0.2) is 4.79 Å². The third kappa shape index (κ3) is 5.72. The highest BCUT2D eigenvalue weighted by Gasteiger charge is 2.02. The number of para-hydroxylation sites is 1. The zero-order valence-corrected chi connectivity index (χ0v) is 11.1. The summed E-state index contributed by atoms with van der Waals surface area (Å²) in [7, 11) is 3.41. The minimum atomic E-state index is -0.523. The first-order valence-electron chi connectivity index (χ1n) is 5.96. The van der Waals surface area contributed by atoms with Gasteiger partial charge in [0.1, 0.15) is 6.61 Å². The molecule has 102 valence electrons. The fraction of sp³-hybridized carbons (Fsp3) is 0.286. The van der Waals surface area contributed by atoms with Crippen molar-refractivity contribution in [2.24, 2.45) is 0 Å². The van der Waals surface area contributed by atoms with Crippen molar-refractivity contribution in [3.8, 4) is 0 Å². The molecular weight excluding hydrogens is 244 g/mol. The summed E-state index contributed by atoms with van der Waals surface area (Å²) in [5.41, 5.74) is 1.06. The van der Waals surface area contributed by atoms with Crippen LogP contribution in [0.15, 0.2) is 42.5 Å². The Balaban J connectivity index is 2.29. The zero-order chi connectivity index (χ0) is 14.1. The SMILES string of the molecule is CNC(=O)/C=C/C(=O)OCCN(C)c1ccccc1. The van der Waals surface area contributed by atoms with E-state index in [0.717, 1.165) is 17.8 Å². The van der Waals surface area contributed by atoms with Crippen LogP contribution >= 0.6 is 0 Å². The molecule has 0 fully saturated rings. The van der Waals surface area contributed by atoms with E-state index in [1.807, 2.05) is 42.3 Å². The van der Waals surface area contributed by atoms with E-state index < -0.39 is 5.97 Å². The summed E-state index contributed by atoms with van der Waals surface area (Å²) in [5, 5.41) is 2.37. The number of ether oxygens (including phenoxy) is 1. The van der Waals surface area contributed by atoms with E-state index in [-0.39, 0.29) is 12.5 Å². The third-order valence-electron chi connectivity index (χ3n) is 2.49. The molecule has 1 aromatic carbocycles. The number of carbonyl (C=O) groups excluding carboxylic acids is 2. The molecule has 1 amide bonds.